The Labute approximate surface area is 107 Å². The summed E-state index contributed by atoms with van der Waals surface area (Å²) in [5, 5.41) is 2.86. The van der Waals surface area contributed by atoms with E-state index in [1.807, 2.05) is 23.1 Å². The summed E-state index contributed by atoms with van der Waals surface area (Å²) in [5.41, 5.74) is 0.969. The van der Waals surface area contributed by atoms with Crippen LogP contribution in [-0.2, 0) is 4.74 Å². The minimum absolute atomic E-state index is 0.0276. The lowest BCUT2D eigenvalue weighted by Gasteiger charge is -2.24. The summed E-state index contributed by atoms with van der Waals surface area (Å²) in [6, 6.07) is 5.91. The van der Waals surface area contributed by atoms with Crippen LogP contribution in [0.25, 0.3) is 0 Å². The highest BCUT2D eigenvalue weighted by Crippen LogP contribution is 2.30. The Morgan fingerprint density at radius 3 is 3.22 bits per heavy atom. The second-order valence-corrected chi connectivity index (χ2v) is 4.33. The first-order chi connectivity index (χ1) is 8.83. The van der Waals surface area contributed by atoms with Crippen LogP contribution in [0.4, 0.5) is 4.79 Å². The van der Waals surface area contributed by atoms with Crippen LogP contribution in [0.15, 0.2) is 24.4 Å². The molecule has 5 heteroatoms. The summed E-state index contributed by atoms with van der Waals surface area (Å²) >= 11 is 0. The molecule has 0 spiro atoms. The molecule has 2 amide bonds. The molecule has 0 radical (unpaired) electrons. The highest BCUT2D eigenvalue weighted by atomic mass is 16.5. The van der Waals surface area contributed by atoms with Crippen molar-refractivity contribution in [1.82, 2.24) is 15.2 Å². The standard InChI is InChI=1S/C13H19N3O2/c1-18-10-8-15-13(17)16-9-4-6-12(16)11-5-2-3-7-14-11/h2-3,5,7,12H,4,6,8-10H2,1H3,(H,15,17)/t12-/m1/s1. The fraction of sp³-hybridized carbons (Fsp3) is 0.538. The van der Waals surface area contributed by atoms with Crippen LogP contribution in [0.1, 0.15) is 24.6 Å². The summed E-state index contributed by atoms with van der Waals surface area (Å²) in [5.74, 6) is 0. The SMILES string of the molecule is COCCNC(=O)N1CCC[C@@H]1c1ccccn1. The number of likely N-dealkylation sites (tertiary alicyclic amines) is 1. The number of hydrogen-bond donors (Lipinski definition) is 1. The van der Waals surface area contributed by atoms with Gasteiger partial charge in [-0.3, -0.25) is 4.98 Å². The van der Waals surface area contributed by atoms with Crippen LogP contribution in [0.2, 0.25) is 0 Å². The molecule has 2 heterocycles. The molecule has 98 valence electrons. The van der Waals surface area contributed by atoms with Crippen LogP contribution >= 0.6 is 0 Å². The lowest BCUT2D eigenvalue weighted by molar-refractivity contribution is 0.176. The van der Waals surface area contributed by atoms with Crippen LogP contribution < -0.4 is 5.32 Å². The number of amides is 2. The molecule has 1 atom stereocenters. The van der Waals surface area contributed by atoms with Gasteiger partial charge in [-0.2, -0.15) is 0 Å². The summed E-state index contributed by atoms with van der Waals surface area (Å²) < 4.78 is 4.92. The van der Waals surface area contributed by atoms with E-state index < -0.39 is 0 Å². The van der Waals surface area contributed by atoms with Gasteiger partial charge in [-0.1, -0.05) is 6.07 Å². The van der Waals surface area contributed by atoms with E-state index in [4.69, 9.17) is 4.74 Å². The third-order valence-corrected chi connectivity index (χ3v) is 3.13. The zero-order chi connectivity index (χ0) is 12.8. The van der Waals surface area contributed by atoms with E-state index in [9.17, 15) is 4.79 Å². The molecular weight excluding hydrogens is 230 g/mol. The summed E-state index contributed by atoms with van der Waals surface area (Å²) in [7, 11) is 1.62. The number of hydrogen-bond acceptors (Lipinski definition) is 3. The Balaban J connectivity index is 1.97. The van der Waals surface area contributed by atoms with Crippen LogP contribution in [0.3, 0.4) is 0 Å². The molecule has 18 heavy (non-hydrogen) atoms. The molecule has 5 nitrogen and oxygen atoms in total. The topological polar surface area (TPSA) is 54.5 Å². The maximum Gasteiger partial charge on any atom is 0.318 e. The number of nitrogens with zero attached hydrogens (tertiary/aromatic N) is 2. The summed E-state index contributed by atoms with van der Waals surface area (Å²) in [4.78, 5) is 18.2. The van der Waals surface area contributed by atoms with Gasteiger partial charge in [0.05, 0.1) is 18.3 Å². The largest absolute Gasteiger partial charge is 0.383 e. The number of methoxy groups -OCH3 is 1. The third kappa shape index (κ3) is 2.98. The summed E-state index contributed by atoms with van der Waals surface area (Å²) in [6.45, 7) is 1.87. The molecule has 0 unspecified atom stereocenters. The number of ether oxygens (including phenoxy) is 1. The van der Waals surface area contributed by atoms with Gasteiger partial charge in [0, 0.05) is 26.4 Å². The summed E-state index contributed by atoms with van der Waals surface area (Å²) in [6.07, 6.45) is 3.78. The Morgan fingerprint density at radius 2 is 2.50 bits per heavy atom. The van der Waals surface area contributed by atoms with Crippen molar-refractivity contribution in [2.45, 2.75) is 18.9 Å². The Kier molecular flexibility index (Phi) is 4.52. The maximum absolute atomic E-state index is 12.0. The van der Waals surface area contributed by atoms with Crippen LogP contribution in [0.5, 0.6) is 0 Å². The van der Waals surface area contributed by atoms with Crippen molar-refractivity contribution in [3.8, 4) is 0 Å². The number of pyridine rings is 1. The predicted octanol–water partition coefficient (Wildman–Crippen LogP) is 1.57. The number of rotatable bonds is 4. The molecule has 0 aliphatic carbocycles. The van der Waals surface area contributed by atoms with Gasteiger partial charge in [0.2, 0.25) is 0 Å². The lowest BCUT2D eigenvalue weighted by Crippen LogP contribution is -2.40. The van der Waals surface area contributed by atoms with Gasteiger partial charge >= 0.3 is 6.03 Å². The quantitative estimate of drug-likeness (QED) is 0.824. The fourth-order valence-electron chi connectivity index (χ4n) is 2.25. The Bertz CT molecular complexity index is 383. The van der Waals surface area contributed by atoms with Gasteiger partial charge in [0.1, 0.15) is 0 Å². The predicted molar refractivity (Wildman–Crippen MR) is 68.2 cm³/mol. The van der Waals surface area contributed by atoms with Gasteiger partial charge in [0.15, 0.2) is 0 Å². The first kappa shape index (κ1) is 12.8. The van der Waals surface area contributed by atoms with Crippen molar-refractivity contribution in [3.05, 3.63) is 30.1 Å². The van der Waals surface area contributed by atoms with E-state index in [-0.39, 0.29) is 12.1 Å². The van der Waals surface area contributed by atoms with Crippen molar-refractivity contribution >= 4 is 6.03 Å². The molecule has 1 fully saturated rings. The second-order valence-electron chi connectivity index (χ2n) is 4.33. The van der Waals surface area contributed by atoms with Gasteiger partial charge in [-0.15, -0.1) is 0 Å². The van der Waals surface area contributed by atoms with E-state index in [0.29, 0.717) is 13.2 Å². The minimum atomic E-state index is -0.0276. The number of carbonyl (C=O) groups is 1. The van der Waals surface area contributed by atoms with Crippen LogP contribution in [0, 0.1) is 0 Å². The van der Waals surface area contributed by atoms with Crippen molar-refractivity contribution in [2.75, 3.05) is 26.8 Å². The highest BCUT2D eigenvalue weighted by Gasteiger charge is 2.30. The van der Waals surface area contributed by atoms with Gasteiger partial charge < -0.3 is 15.0 Å². The van der Waals surface area contributed by atoms with E-state index in [1.165, 1.54) is 0 Å². The molecule has 1 aliphatic rings. The fourth-order valence-corrected chi connectivity index (χ4v) is 2.25. The van der Waals surface area contributed by atoms with E-state index in [2.05, 4.69) is 10.3 Å². The van der Waals surface area contributed by atoms with Crippen molar-refractivity contribution in [3.63, 3.8) is 0 Å². The monoisotopic (exact) mass is 249 g/mol. The molecule has 0 bridgehead atoms. The molecule has 1 aliphatic heterocycles. The first-order valence-corrected chi connectivity index (χ1v) is 6.27. The molecule has 1 N–H and O–H groups in total. The smallest absolute Gasteiger partial charge is 0.318 e. The molecular formula is C13H19N3O2. The van der Waals surface area contributed by atoms with E-state index in [0.717, 1.165) is 25.1 Å². The van der Waals surface area contributed by atoms with Gasteiger partial charge in [-0.05, 0) is 25.0 Å². The zero-order valence-electron chi connectivity index (χ0n) is 10.6. The average molecular weight is 249 g/mol. The molecule has 1 saturated heterocycles. The molecule has 1 aromatic heterocycles. The molecule has 0 saturated carbocycles. The van der Waals surface area contributed by atoms with Gasteiger partial charge in [0.25, 0.3) is 0 Å². The van der Waals surface area contributed by atoms with Gasteiger partial charge in [-0.25, -0.2) is 4.79 Å². The van der Waals surface area contributed by atoms with Crippen molar-refractivity contribution in [1.29, 1.82) is 0 Å². The number of aromatic nitrogens is 1. The maximum atomic E-state index is 12.0. The minimum Gasteiger partial charge on any atom is -0.383 e. The molecule has 2 rings (SSSR count). The molecule has 0 aromatic carbocycles. The number of nitrogens with one attached hydrogen (secondary N) is 1. The van der Waals surface area contributed by atoms with E-state index >= 15 is 0 Å². The molecule has 1 aromatic rings. The highest BCUT2D eigenvalue weighted by molar-refractivity contribution is 5.75. The van der Waals surface area contributed by atoms with Crippen molar-refractivity contribution < 1.29 is 9.53 Å². The Hall–Kier alpha value is -1.62. The van der Waals surface area contributed by atoms with Crippen molar-refractivity contribution in [2.24, 2.45) is 0 Å². The number of urea groups is 1. The zero-order valence-corrected chi connectivity index (χ0v) is 10.6. The normalized spacial score (nSPS) is 18.9. The lowest BCUT2D eigenvalue weighted by atomic mass is 10.1. The average Bonchev–Trinajstić information content (AvgIpc) is 2.89. The third-order valence-electron chi connectivity index (χ3n) is 3.13. The number of carbonyl (C=O) groups excluding carboxylic acids is 1. The first-order valence-electron chi connectivity index (χ1n) is 6.27. The Morgan fingerprint density at radius 1 is 1.61 bits per heavy atom. The van der Waals surface area contributed by atoms with Crippen LogP contribution in [-0.4, -0.2) is 42.7 Å². The second kappa shape index (κ2) is 6.35. The van der Waals surface area contributed by atoms with E-state index in [1.54, 1.807) is 13.3 Å².